The molecule has 2 heterocycles. The van der Waals surface area contributed by atoms with E-state index in [-0.39, 0.29) is 33.7 Å². The van der Waals surface area contributed by atoms with E-state index < -0.39 is 11.4 Å². The van der Waals surface area contributed by atoms with Gasteiger partial charge in [-0.2, -0.15) is 0 Å². The average Bonchev–Trinajstić information content (AvgIpc) is 3.09. The number of aromatic nitrogens is 3. The molecule has 0 fully saturated rings. The molecule has 2 aromatic carbocycles. The minimum absolute atomic E-state index is 0.0164. The first-order valence-corrected chi connectivity index (χ1v) is 9.45. The monoisotopic (exact) mass is 443 g/mol. The van der Waals surface area contributed by atoms with Gasteiger partial charge in [0, 0.05) is 12.7 Å². The van der Waals surface area contributed by atoms with Crippen molar-refractivity contribution in [2.24, 2.45) is 0 Å². The van der Waals surface area contributed by atoms with Crippen LogP contribution in [0.5, 0.6) is 0 Å². The zero-order valence-electron chi connectivity index (χ0n) is 14.7. The van der Waals surface area contributed by atoms with Crippen molar-refractivity contribution in [1.82, 2.24) is 15.0 Å². The normalized spacial score (nSPS) is 11.2. The quantitative estimate of drug-likeness (QED) is 0.422. The van der Waals surface area contributed by atoms with Crippen LogP contribution in [0.2, 0.25) is 0 Å². The summed E-state index contributed by atoms with van der Waals surface area (Å²) >= 11 is 3.14. The smallest absolute Gasteiger partial charge is 0.261 e. The number of fused-ring (bicyclic) bond motifs is 2. The second kappa shape index (κ2) is 6.75. The highest BCUT2D eigenvalue weighted by molar-refractivity contribution is 9.09. The lowest BCUT2D eigenvalue weighted by Gasteiger charge is -2.15. The molecule has 4 aromatic rings. The molecule has 9 heteroatoms. The summed E-state index contributed by atoms with van der Waals surface area (Å²) in [5.74, 6) is -0.406. The SMILES string of the molecule is CN(C(=O)CBr)c1ccc2nc(-c3c(N)c4c(F)cccc4[nH]c3=O)[nH]c2c1. The number of amides is 1. The Kier molecular flexibility index (Phi) is 4.38. The molecule has 0 aliphatic heterocycles. The molecule has 0 radical (unpaired) electrons. The van der Waals surface area contributed by atoms with Crippen molar-refractivity contribution in [3.8, 4) is 11.4 Å². The fourth-order valence-corrected chi connectivity index (χ4v) is 3.50. The Morgan fingerprint density at radius 3 is 2.79 bits per heavy atom. The molecule has 0 atom stereocenters. The van der Waals surface area contributed by atoms with Crippen LogP contribution >= 0.6 is 15.9 Å². The molecule has 0 aliphatic carbocycles. The van der Waals surface area contributed by atoms with Gasteiger partial charge in [-0.15, -0.1) is 0 Å². The molecule has 0 saturated carbocycles. The minimum Gasteiger partial charge on any atom is -0.397 e. The summed E-state index contributed by atoms with van der Waals surface area (Å²) in [6.07, 6.45) is 0. The highest BCUT2D eigenvalue weighted by Crippen LogP contribution is 2.30. The lowest BCUT2D eigenvalue weighted by Crippen LogP contribution is -2.26. The van der Waals surface area contributed by atoms with Gasteiger partial charge < -0.3 is 20.6 Å². The number of benzene rings is 2. The number of rotatable bonds is 3. The van der Waals surface area contributed by atoms with E-state index in [4.69, 9.17) is 5.73 Å². The first-order valence-electron chi connectivity index (χ1n) is 8.33. The Balaban J connectivity index is 1.89. The summed E-state index contributed by atoms with van der Waals surface area (Å²) in [6.45, 7) is 0. The predicted octanol–water partition coefficient (Wildman–Crippen LogP) is 3.15. The summed E-state index contributed by atoms with van der Waals surface area (Å²) in [5.41, 5.74) is 7.94. The summed E-state index contributed by atoms with van der Waals surface area (Å²) in [7, 11) is 1.66. The summed E-state index contributed by atoms with van der Waals surface area (Å²) < 4.78 is 14.3. The van der Waals surface area contributed by atoms with E-state index in [1.165, 1.54) is 17.0 Å². The number of alkyl halides is 1. The number of imidazole rings is 1. The van der Waals surface area contributed by atoms with Gasteiger partial charge in [0.1, 0.15) is 17.2 Å². The Morgan fingerprint density at radius 2 is 2.04 bits per heavy atom. The minimum atomic E-state index is -0.527. The molecule has 28 heavy (non-hydrogen) atoms. The molecule has 0 aliphatic rings. The molecule has 4 N–H and O–H groups in total. The highest BCUT2D eigenvalue weighted by atomic mass is 79.9. The van der Waals surface area contributed by atoms with Crippen LogP contribution in [-0.2, 0) is 4.79 Å². The van der Waals surface area contributed by atoms with E-state index in [0.717, 1.165) is 0 Å². The van der Waals surface area contributed by atoms with Crippen LogP contribution < -0.4 is 16.2 Å². The molecule has 0 saturated heterocycles. The molecular formula is C19H15BrFN5O2. The fourth-order valence-electron chi connectivity index (χ4n) is 3.13. The zero-order valence-corrected chi connectivity index (χ0v) is 16.3. The van der Waals surface area contributed by atoms with Crippen LogP contribution in [-0.4, -0.2) is 33.2 Å². The van der Waals surface area contributed by atoms with Gasteiger partial charge in [0.05, 0.1) is 33.0 Å². The van der Waals surface area contributed by atoms with Gasteiger partial charge in [-0.3, -0.25) is 9.59 Å². The van der Waals surface area contributed by atoms with Crippen LogP contribution in [0.1, 0.15) is 0 Å². The largest absolute Gasteiger partial charge is 0.397 e. The van der Waals surface area contributed by atoms with Crippen molar-refractivity contribution in [1.29, 1.82) is 0 Å². The summed E-state index contributed by atoms with van der Waals surface area (Å²) in [6, 6.07) is 9.60. The standard InChI is InChI=1S/C19H15BrFN5O2/c1-26(14(27)8-20)9-5-6-11-13(7-9)24-18(23-11)16-17(22)15-10(21)3-2-4-12(15)25-19(16)28/h2-7H,8H2,1H3,(H,23,24)(H3,22,25,28). The number of hydrogen-bond donors (Lipinski definition) is 3. The average molecular weight is 444 g/mol. The number of H-pyrrole nitrogens is 2. The van der Waals surface area contributed by atoms with Crippen molar-refractivity contribution in [2.75, 3.05) is 23.0 Å². The van der Waals surface area contributed by atoms with Gasteiger partial charge in [-0.25, -0.2) is 9.37 Å². The number of nitrogen functional groups attached to an aromatic ring is 1. The maximum Gasteiger partial charge on any atom is 0.261 e. The fraction of sp³-hybridized carbons (Fsp3) is 0.105. The predicted molar refractivity (Wildman–Crippen MR) is 111 cm³/mol. The molecule has 0 unspecified atom stereocenters. The maximum atomic E-state index is 14.3. The number of anilines is 2. The van der Waals surface area contributed by atoms with Gasteiger partial charge in [0.2, 0.25) is 5.91 Å². The van der Waals surface area contributed by atoms with Crippen molar-refractivity contribution >= 4 is 55.1 Å². The van der Waals surface area contributed by atoms with Crippen LogP contribution in [0.3, 0.4) is 0 Å². The van der Waals surface area contributed by atoms with Gasteiger partial charge in [0.25, 0.3) is 5.56 Å². The number of nitrogens with two attached hydrogens (primary N) is 1. The number of carbonyl (C=O) groups is 1. The number of hydrogen-bond acceptors (Lipinski definition) is 4. The van der Waals surface area contributed by atoms with Gasteiger partial charge in [-0.05, 0) is 30.3 Å². The van der Waals surface area contributed by atoms with E-state index in [9.17, 15) is 14.0 Å². The molecule has 0 bridgehead atoms. The Hall–Kier alpha value is -3.20. The van der Waals surface area contributed by atoms with Gasteiger partial charge >= 0.3 is 0 Å². The molecule has 142 valence electrons. The number of nitrogens with zero attached hydrogens (tertiary/aromatic N) is 2. The topological polar surface area (TPSA) is 108 Å². The number of pyridine rings is 1. The second-order valence-corrected chi connectivity index (χ2v) is 6.84. The first-order chi connectivity index (χ1) is 13.4. The lowest BCUT2D eigenvalue weighted by atomic mass is 10.1. The van der Waals surface area contributed by atoms with Crippen molar-refractivity contribution in [3.63, 3.8) is 0 Å². The van der Waals surface area contributed by atoms with Crippen molar-refractivity contribution in [2.45, 2.75) is 0 Å². The van der Waals surface area contributed by atoms with E-state index in [2.05, 4.69) is 30.9 Å². The third kappa shape index (κ3) is 2.84. The van der Waals surface area contributed by atoms with Gasteiger partial charge in [0.15, 0.2) is 0 Å². The Bertz CT molecular complexity index is 1300. The lowest BCUT2D eigenvalue weighted by molar-refractivity contribution is -0.115. The number of nitrogens with one attached hydrogen (secondary N) is 2. The van der Waals surface area contributed by atoms with Gasteiger partial charge in [-0.1, -0.05) is 22.0 Å². The molecule has 4 rings (SSSR count). The van der Waals surface area contributed by atoms with Crippen LogP contribution in [0.4, 0.5) is 15.8 Å². The van der Waals surface area contributed by atoms with Crippen molar-refractivity contribution in [3.05, 3.63) is 52.6 Å². The maximum absolute atomic E-state index is 14.3. The van der Waals surface area contributed by atoms with E-state index in [0.29, 0.717) is 22.2 Å². The summed E-state index contributed by atoms with van der Waals surface area (Å²) in [4.78, 5) is 36.1. The Morgan fingerprint density at radius 1 is 1.25 bits per heavy atom. The zero-order chi connectivity index (χ0) is 20.0. The number of carbonyl (C=O) groups excluding carboxylic acids is 1. The Labute approximate surface area is 166 Å². The third-order valence-corrected chi connectivity index (χ3v) is 5.09. The molecule has 7 nitrogen and oxygen atoms in total. The first kappa shape index (κ1) is 18.2. The molecular weight excluding hydrogens is 429 g/mol. The molecule has 1 amide bonds. The molecule has 2 aromatic heterocycles. The van der Waals surface area contributed by atoms with E-state index >= 15 is 0 Å². The highest BCUT2D eigenvalue weighted by Gasteiger charge is 2.18. The van der Waals surface area contributed by atoms with Crippen LogP contribution in [0.25, 0.3) is 33.3 Å². The van der Waals surface area contributed by atoms with E-state index in [1.54, 1.807) is 31.3 Å². The number of aromatic amines is 2. The summed E-state index contributed by atoms with van der Waals surface area (Å²) in [5, 5.41) is 0.338. The third-order valence-electron chi connectivity index (χ3n) is 4.61. The number of halogens is 2. The van der Waals surface area contributed by atoms with Crippen molar-refractivity contribution < 1.29 is 9.18 Å². The van der Waals surface area contributed by atoms with E-state index in [1.807, 2.05) is 0 Å². The van der Waals surface area contributed by atoms with Crippen LogP contribution in [0.15, 0.2) is 41.2 Å². The van der Waals surface area contributed by atoms with Crippen LogP contribution in [0, 0.1) is 5.82 Å². The second-order valence-electron chi connectivity index (χ2n) is 6.28. The molecule has 0 spiro atoms.